The van der Waals surface area contributed by atoms with Crippen LogP contribution >= 0.6 is 0 Å². The molecule has 0 aliphatic carbocycles. The van der Waals surface area contributed by atoms with Crippen molar-refractivity contribution in [3.05, 3.63) is 149 Å². The van der Waals surface area contributed by atoms with Crippen molar-refractivity contribution < 1.29 is 17.6 Å². The monoisotopic (exact) mass is 647 g/mol. The highest BCUT2D eigenvalue weighted by Crippen LogP contribution is 2.43. The van der Waals surface area contributed by atoms with Crippen molar-refractivity contribution in [3.63, 3.8) is 0 Å². The van der Waals surface area contributed by atoms with Crippen LogP contribution in [-0.4, -0.2) is 46.9 Å². The minimum atomic E-state index is -4.28. The van der Waals surface area contributed by atoms with Gasteiger partial charge < -0.3 is 9.33 Å². The lowest BCUT2D eigenvalue weighted by Crippen LogP contribution is -2.36. The molecule has 4 aromatic carbocycles. The highest BCUT2D eigenvalue weighted by molar-refractivity contribution is 7.90. The van der Waals surface area contributed by atoms with E-state index in [1.807, 2.05) is 84.9 Å². The third-order valence-electron chi connectivity index (χ3n) is 7.52. The van der Waals surface area contributed by atoms with Crippen LogP contribution in [0.1, 0.15) is 48.0 Å². The average Bonchev–Trinajstić information content (AvgIpc) is 3.44. The Balaban J connectivity index is 1.88. The molecule has 0 saturated heterocycles. The molecular formula is C37H37N3O4SSi. The van der Waals surface area contributed by atoms with Gasteiger partial charge >= 0.3 is 0 Å². The summed E-state index contributed by atoms with van der Waals surface area (Å²) in [6.45, 7) is 6.48. The average molecular weight is 648 g/mol. The second kappa shape index (κ2) is 12.9. The number of fused-ring (bicyclic) bond motifs is 1. The molecule has 0 fully saturated rings. The molecule has 5 aromatic rings. The first-order chi connectivity index (χ1) is 21.9. The van der Waals surface area contributed by atoms with Crippen LogP contribution in [0.5, 0.6) is 0 Å². The smallest absolute Gasteiger partial charge is 0.268 e. The van der Waals surface area contributed by atoms with Gasteiger partial charge in [0.2, 0.25) is 5.78 Å². The molecule has 0 aliphatic rings. The summed E-state index contributed by atoms with van der Waals surface area (Å²) >= 11 is 0. The lowest BCUT2D eigenvalue weighted by molar-refractivity contribution is 0.103. The number of carbonyl (C=O) groups is 1. The van der Waals surface area contributed by atoms with Crippen molar-refractivity contribution in [2.75, 3.05) is 14.1 Å². The first kappa shape index (κ1) is 32.6. The summed E-state index contributed by atoms with van der Waals surface area (Å²) < 4.78 is 37.0. The van der Waals surface area contributed by atoms with Gasteiger partial charge in [0.1, 0.15) is 22.9 Å². The van der Waals surface area contributed by atoms with E-state index in [0.717, 1.165) is 20.7 Å². The van der Waals surface area contributed by atoms with Crippen molar-refractivity contribution in [1.29, 1.82) is 5.26 Å². The van der Waals surface area contributed by atoms with E-state index in [9.17, 15) is 18.5 Å². The number of nitrogens with zero attached hydrogens (tertiary/aromatic N) is 3. The van der Waals surface area contributed by atoms with Gasteiger partial charge in [-0.1, -0.05) is 112 Å². The number of nitriles is 1. The Morgan fingerprint density at radius 3 is 1.87 bits per heavy atom. The molecule has 46 heavy (non-hydrogen) atoms. The fraction of sp³-hybridized carbons (Fsp3) is 0.189. The Morgan fingerprint density at radius 2 is 1.37 bits per heavy atom. The van der Waals surface area contributed by atoms with Gasteiger partial charge in [-0.2, -0.15) is 5.26 Å². The van der Waals surface area contributed by atoms with Gasteiger partial charge in [0, 0.05) is 25.7 Å². The maximum Gasteiger partial charge on any atom is 0.268 e. The van der Waals surface area contributed by atoms with Gasteiger partial charge in [0.05, 0.1) is 10.4 Å². The SMILES string of the molecule is CN(C)C=C(C#N)C(=O)c1cc2ccc(C(O[SiH2]C(C)(C)C)(c3ccccc3)c3ccccc3)cc2n1S(=O)(=O)c1ccccc1. The molecule has 0 atom stereocenters. The van der Waals surface area contributed by atoms with E-state index in [0.29, 0.717) is 10.9 Å². The standard InChI is InChI=1S/C37H37N3O4SSi/c1-36(2,3)46-44-37(29-15-9-6-10-16-29,30-17-11-7-12-18-30)31-22-21-27-23-34(35(41)28(25-38)26-39(4)5)40(33(27)24-31)45(42,43)32-19-13-8-14-20-32/h6-24,26H,46H2,1-5H3. The predicted octanol–water partition coefficient (Wildman–Crippen LogP) is 6.64. The van der Waals surface area contributed by atoms with Crippen molar-refractivity contribution in [1.82, 2.24) is 8.87 Å². The van der Waals surface area contributed by atoms with E-state index in [4.69, 9.17) is 4.43 Å². The summed E-state index contributed by atoms with van der Waals surface area (Å²) in [5.41, 5.74) is 1.47. The van der Waals surface area contributed by atoms with E-state index in [1.165, 1.54) is 18.3 Å². The molecular weight excluding hydrogens is 611 g/mol. The molecule has 234 valence electrons. The number of rotatable bonds is 10. The number of hydrogen-bond acceptors (Lipinski definition) is 6. The maximum atomic E-state index is 14.4. The highest BCUT2D eigenvalue weighted by Gasteiger charge is 2.39. The number of carbonyl (C=O) groups excluding carboxylic acids is 1. The van der Waals surface area contributed by atoms with Gasteiger partial charge in [0.15, 0.2) is 9.76 Å². The van der Waals surface area contributed by atoms with Gasteiger partial charge in [-0.15, -0.1) is 0 Å². The zero-order valence-corrected chi connectivity index (χ0v) is 28.9. The Labute approximate surface area is 273 Å². The molecule has 1 aromatic heterocycles. The molecule has 0 saturated carbocycles. The van der Waals surface area contributed by atoms with Gasteiger partial charge in [-0.05, 0) is 46.0 Å². The third kappa shape index (κ3) is 6.33. The fourth-order valence-electron chi connectivity index (χ4n) is 5.47. The number of aromatic nitrogens is 1. The molecule has 9 heteroatoms. The van der Waals surface area contributed by atoms with E-state index in [2.05, 4.69) is 20.8 Å². The highest BCUT2D eigenvalue weighted by atomic mass is 32.2. The zero-order chi connectivity index (χ0) is 33.1. The Morgan fingerprint density at radius 1 is 0.826 bits per heavy atom. The lowest BCUT2D eigenvalue weighted by atomic mass is 9.80. The molecule has 0 N–H and O–H groups in total. The fourth-order valence-corrected chi connectivity index (χ4v) is 8.14. The van der Waals surface area contributed by atoms with Crippen LogP contribution in [0.3, 0.4) is 0 Å². The van der Waals surface area contributed by atoms with E-state index >= 15 is 0 Å². The molecule has 0 amide bonds. The largest absolute Gasteiger partial charge is 0.406 e. The minimum absolute atomic E-state index is 0.0239. The predicted molar refractivity (Wildman–Crippen MR) is 185 cm³/mol. The van der Waals surface area contributed by atoms with Gasteiger partial charge in [-0.25, -0.2) is 12.4 Å². The summed E-state index contributed by atoms with van der Waals surface area (Å²) in [7, 11) is -2.07. The van der Waals surface area contributed by atoms with Crippen molar-refractivity contribution in [3.8, 4) is 6.07 Å². The van der Waals surface area contributed by atoms with E-state index in [-0.39, 0.29) is 21.2 Å². The van der Waals surface area contributed by atoms with Crippen LogP contribution in [0.25, 0.3) is 10.9 Å². The normalized spacial score (nSPS) is 12.8. The van der Waals surface area contributed by atoms with Crippen molar-refractivity contribution in [2.24, 2.45) is 0 Å². The Bertz CT molecular complexity index is 2000. The van der Waals surface area contributed by atoms with Crippen LogP contribution in [0.2, 0.25) is 5.04 Å². The summed E-state index contributed by atoms with van der Waals surface area (Å²) in [6.07, 6.45) is 1.39. The molecule has 7 nitrogen and oxygen atoms in total. The van der Waals surface area contributed by atoms with E-state index < -0.39 is 31.2 Å². The van der Waals surface area contributed by atoms with Crippen LogP contribution in [0, 0.1) is 11.3 Å². The molecule has 0 aliphatic heterocycles. The number of benzene rings is 4. The Kier molecular flexibility index (Phi) is 9.17. The molecule has 1 heterocycles. The van der Waals surface area contributed by atoms with Crippen LogP contribution < -0.4 is 0 Å². The Hall–Kier alpha value is -4.75. The number of ketones is 1. The zero-order valence-electron chi connectivity index (χ0n) is 26.6. The second-order valence-corrected chi connectivity index (χ2v) is 17.1. The van der Waals surface area contributed by atoms with E-state index in [1.54, 1.807) is 43.3 Å². The number of hydrogen-bond donors (Lipinski definition) is 0. The number of allylic oxidation sites excluding steroid dienone is 1. The topological polar surface area (TPSA) is 92.4 Å². The first-order valence-electron chi connectivity index (χ1n) is 14.9. The minimum Gasteiger partial charge on any atom is -0.406 e. The number of Topliss-reactive ketones (excluding diaryl/α,β-unsaturated/α-hetero) is 1. The van der Waals surface area contributed by atoms with Crippen molar-refractivity contribution >= 4 is 36.5 Å². The molecule has 0 bridgehead atoms. The molecule has 0 spiro atoms. The first-order valence-corrected chi connectivity index (χ1v) is 17.7. The summed E-state index contributed by atoms with van der Waals surface area (Å²) in [5.74, 6) is -0.692. The molecule has 5 rings (SSSR count). The quantitative estimate of drug-likeness (QED) is 0.0555. The van der Waals surface area contributed by atoms with Gasteiger partial charge in [0.25, 0.3) is 10.0 Å². The van der Waals surface area contributed by atoms with Crippen LogP contribution in [0.4, 0.5) is 0 Å². The lowest BCUT2D eigenvalue weighted by Gasteiger charge is -2.38. The summed E-state index contributed by atoms with van der Waals surface area (Å²) in [4.78, 5) is 15.5. The van der Waals surface area contributed by atoms with Crippen molar-refractivity contribution in [2.45, 2.75) is 36.3 Å². The third-order valence-corrected chi connectivity index (χ3v) is 10.7. The van der Waals surface area contributed by atoms with Crippen LogP contribution in [0.15, 0.2) is 132 Å². The maximum absolute atomic E-state index is 14.4. The molecule has 0 unspecified atom stereocenters. The molecule has 0 radical (unpaired) electrons. The second-order valence-electron chi connectivity index (χ2n) is 12.6. The summed E-state index contributed by atoms with van der Waals surface area (Å²) in [6, 6.07) is 36.9. The van der Waals surface area contributed by atoms with Crippen LogP contribution in [-0.2, 0) is 20.1 Å². The van der Waals surface area contributed by atoms with Gasteiger partial charge in [-0.3, -0.25) is 4.79 Å². The summed E-state index contributed by atoms with van der Waals surface area (Å²) in [5, 5.41) is 10.4.